The van der Waals surface area contributed by atoms with Crippen molar-refractivity contribution in [2.75, 3.05) is 38.5 Å². The number of amidine groups is 1. The first kappa shape index (κ1) is 27.7. The van der Waals surface area contributed by atoms with E-state index in [1.54, 1.807) is 9.48 Å². The molecule has 1 atom stereocenters. The molecule has 8 nitrogen and oxygen atoms in total. The van der Waals surface area contributed by atoms with Gasteiger partial charge in [0.1, 0.15) is 32.3 Å². The number of β-amino-alcohol motifs (C(OH)–C–C–N with tert-alkyl or cyclic N) is 2. The number of ketones is 1. The third-order valence-corrected chi connectivity index (χ3v) is 5.16. The van der Waals surface area contributed by atoms with Crippen LogP contribution in [0.5, 0.6) is 0 Å². The smallest absolute Gasteiger partial charge is 0.748 e. The molecule has 0 saturated heterocycles. The molecule has 1 aliphatic rings. The van der Waals surface area contributed by atoms with Crippen LogP contribution in [0.1, 0.15) is 45.4 Å². The molecule has 156 valence electrons. The molecular weight excluding hydrogens is 395 g/mol. The van der Waals surface area contributed by atoms with Gasteiger partial charge in [0.15, 0.2) is 0 Å². The van der Waals surface area contributed by atoms with Crippen LogP contribution in [0.3, 0.4) is 0 Å². The summed E-state index contributed by atoms with van der Waals surface area (Å²) in [6.45, 7) is 3.15. The number of nitrogens with zero attached hydrogens (tertiary/aromatic N) is 2. The van der Waals surface area contributed by atoms with Crippen LogP contribution in [0.4, 0.5) is 0 Å². The van der Waals surface area contributed by atoms with Crippen molar-refractivity contribution in [1.29, 1.82) is 0 Å². The number of Topliss-reactive ketones (excluding diaryl/α,β-unsaturated/α-hetero) is 1. The van der Waals surface area contributed by atoms with Crippen molar-refractivity contribution in [3.63, 3.8) is 0 Å². The molecule has 1 heterocycles. The number of allylic oxidation sites excluding steroid dienone is 2. The van der Waals surface area contributed by atoms with Crippen LogP contribution in [-0.2, 0) is 14.9 Å². The van der Waals surface area contributed by atoms with E-state index in [9.17, 15) is 28.0 Å². The third-order valence-electron chi connectivity index (χ3n) is 4.36. The number of aliphatic hydroxyl groups is 2. The van der Waals surface area contributed by atoms with E-state index < -0.39 is 22.0 Å². The molecule has 0 radical (unpaired) electrons. The van der Waals surface area contributed by atoms with Gasteiger partial charge in [-0.1, -0.05) is 25.5 Å². The summed E-state index contributed by atoms with van der Waals surface area (Å²) < 4.78 is 34.1. The first-order valence-electron chi connectivity index (χ1n) is 9.56. The Kier molecular flexibility index (Phi) is 14.5. The number of rotatable bonds is 14. The van der Waals surface area contributed by atoms with Gasteiger partial charge in [0.05, 0.1) is 22.5 Å². The number of hydrogen-bond donors (Lipinski definition) is 2. The van der Waals surface area contributed by atoms with Gasteiger partial charge in [0.2, 0.25) is 5.78 Å². The summed E-state index contributed by atoms with van der Waals surface area (Å²) >= 11 is 0. The van der Waals surface area contributed by atoms with Crippen LogP contribution in [-0.4, -0.2) is 88.9 Å². The molecule has 0 amide bonds. The maximum absolute atomic E-state index is 12.7. The molecule has 0 aliphatic carbocycles. The first-order valence-corrected chi connectivity index (χ1v) is 11.1. The second-order valence-electron chi connectivity index (χ2n) is 6.76. The summed E-state index contributed by atoms with van der Waals surface area (Å²) in [5, 5.41) is 19.1. The molecule has 0 aromatic heterocycles. The molecule has 0 spiro atoms. The van der Waals surface area contributed by atoms with E-state index in [2.05, 4.69) is 19.1 Å². The Hall–Kier alpha value is -0.290. The molecule has 0 saturated carbocycles. The summed E-state index contributed by atoms with van der Waals surface area (Å²) in [6, 6.07) is 0. The van der Waals surface area contributed by atoms with Gasteiger partial charge in [-0.15, -0.1) is 0 Å². The van der Waals surface area contributed by atoms with Gasteiger partial charge in [-0.3, -0.25) is 14.3 Å². The predicted molar refractivity (Wildman–Crippen MR) is 102 cm³/mol. The van der Waals surface area contributed by atoms with Crippen molar-refractivity contribution in [2.45, 2.75) is 51.6 Å². The second-order valence-corrected chi connectivity index (χ2v) is 8.21. The summed E-state index contributed by atoms with van der Waals surface area (Å²) in [5.74, 6) is -0.560. The molecule has 0 aromatic carbocycles. The molecular formula is C18H32N2NaO6S+. The van der Waals surface area contributed by atoms with Crippen molar-refractivity contribution >= 4 is 21.7 Å². The number of aliphatic hydroxyl groups excluding tert-OH is 2. The van der Waals surface area contributed by atoms with Crippen molar-refractivity contribution in [1.82, 2.24) is 4.90 Å². The Labute approximate surface area is 190 Å². The second kappa shape index (κ2) is 14.7. The first-order chi connectivity index (χ1) is 12.8. The fourth-order valence-electron chi connectivity index (χ4n) is 3.19. The Balaban J connectivity index is 0.00000729. The Bertz CT molecular complexity index is 636. The fraction of sp³-hybridized carbons (Fsp3) is 0.778. The fourth-order valence-corrected chi connectivity index (χ4v) is 3.76. The van der Waals surface area contributed by atoms with E-state index in [0.717, 1.165) is 32.1 Å². The predicted octanol–water partition coefficient (Wildman–Crippen LogP) is -2.90. The van der Waals surface area contributed by atoms with Gasteiger partial charge in [-0.2, -0.15) is 0 Å². The quantitative estimate of drug-likeness (QED) is 0.100. The van der Waals surface area contributed by atoms with Gasteiger partial charge in [-0.25, -0.2) is 8.42 Å². The average molecular weight is 428 g/mol. The van der Waals surface area contributed by atoms with Gasteiger partial charge in [0, 0.05) is 6.42 Å². The van der Waals surface area contributed by atoms with Crippen LogP contribution in [0, 0.1) is 0 Å². The van der Waals surface area contributed by atoms with E-state index in [1.807, 2.05) is 0 Å². The minimum atomic E-state index is -4.53. The van der Waals surface area contributed by atoms with Gasteiger partial charge < -0.3 is 14.8 Å². The largest absolute Gasteiger partial charge is 1.00 e. The summed E-state index contributed by atoms with van der Waals surface area (Å²) in [4.78, 5) is 14.4. The standard InChI is InChI=1S/C18H32N2O6S.Na/c1-2-3-4-5-6-7-8-9-17(23)18-19(12-13-21)10-11-20(18)14-16(22)15-27(24,25)26;/h3-4,16,21-22H,2,5-15H2,1H3;/q;+1/b4-3+;. The zero-order valence-corrected chi connectivity index (χ0v) is 19.9. The molecule has 28 heavy (non-hydrogen) atoms. The monoisotopic (exact) mass is 427 g/mol. The summed E-state index contributed by atoms with van der Waals surface area (Å²) in [7, 11) is -4.53. The number of hydrogen-bond acceptors (Lipinski definition) is 7. The van der Waals surface area contributed by atoms with Crippen LogP contribution in [0.25, 0.3) is 0 Å². The third kappa shape index (κ3) is 11.0. The van der Waals surface area contributed by atoms with Crippen molar-refractivity contribution < 1.29 is 62.1 Å². The van der Waals surface area contributed by atoms with Crippen LogP contribution >= 0.6 is 0 Å². The Morgan fingerprint density at radius 3 is 2.64 bits per heavy atom. The molecule has 0 fully saturated rings. The van der Waals surface area contributed by atoms with Crippen LogP contribution in [0.15, 0.2) is 12.2 Å². The summed E-state index contributed by atoms with van der Waals surface area (Å²) in [6.07, 6.45) is 8.00. The minimum Gasteiger partial charge on any atom is -0.748 e. The normalized spacial score (nSPS) is 15.9. The van der Waals surface area contributed by atoms with Crippen molar-refractivity contribution in [3.05, 3.63) is 12.2 Å². The van der Waals surface area contributed by atoms with Crippen LogP contribution < -0.4 is 29.6 Å². The molecule has 1 unspecified atom stereocenters. The molecule has 0 bridgehead atoms. The zero-order chi connectivity index (χ0) is 20.3. The minimum absolute atomic E-state index is 0. The maximum Gasteiger partial charge on any atom is 1.00 e. The Morgan fingerprint density at radius 1 is 1.32 bits per heavy atom. The van der Waals surface area contributed by atoms with Crippen LogP contribution in [0.2, 0.25) is 0 Å². The molecule has 1 aliphatic heterocycles. The molecule has 1 rings (SSSR count). The number of carbonyl (C=O) groups is 1. The molecule has 10 heteroatoms. The van der Waals surface area contributed by atoms with Crippen molar-refractivity contribution in [3.8, 4) is 0 Å². The van der Waals surface area contributed by atoms with Gasteiger partial charge in [0.25, 0.3) is 0 Å². The van der Waals surface area contributed by atoms with E-state index in [1.165, 1.54) is 0 Å². The van der Waals surface area contributed by atoms with E-state index in [0.29, 0.717) is 31.9 Å². The Morgan fingerprint density at radius 2 is 2.04 bits per heavy atom. The summed E-state index contributed by atoms with van der Waals surface area (Å²) in [5.41, 5.74) is 0. The number of unbranched alkanes of at least 4 members (excludes halogenated alkanes) is 3. The van der Waals surface area contributed by atoms with Crippen molar-refractivity contribution in [2.24, 2.45) is 0 Å². The SMILES string of the molecule is CC/C=C/CCCCCC(=O)C1=[N+](CC(O)CS(=O)(=O)[O-])CCN1CCO.[Na+]. The topological polar surface area (TPSA) is 121 Å². The number of carbonyl (C=O) groups excluding carboxylic acids is 1. The van der Waals surface area contributed by atoms with E-state index in [-0.39, 0.29) is 48.5 Å². The zero-order valence-electron chi connectivity index (χ0n) is 17.0. The average Bonchev–Trinajstić information content (AvgIpc) is 2.94. The molecule has 0 aromatic rings. The van der Waals surface area contributed by atoms with E-state index in [4.69, 9.17) is 0 Å². The van der Waals surface area contributed by atoms with E-state index >= 15 is 0 Å². The maximum atomic E-state index is 12.7. The van der Waals surface area contributed by atoms with Gasteiger partial charge >= 0.3 is 35.4 Å². The molecule has 2 N–H and O–H groups in total. The van der Waals surface area contributed by atoms with Gasteiger partial charge in [-0.05, 0) is 25.7 Å².